The van der Waals surface area contributed by atoms with E-state index < -0.39 is 0 Å². The maximum Gasteiger partial charge on any atom is 0.255 e. The van der Waals surface area contributed by atoms with Crippen LogP contribution < -0.4 is 10.1 Å². The summed E-state index contributed by atoms with van der Waals surface area (Å²) in [4.78, 5) is 12.4. The number of carbonyl (C=O) groups excluding carboxylic acids is 1. The Morgan fingerprint density at radius 2 is 1.73 bits per heavy atom. The van der Waals surface area contributed by atoms with Gasteiger partial charge in [0.25, 0.3) is 5.91 Å². The second-order valence-electron chi connectivity index (χ2n) is 5.35. The zero-order valence-corrected chi connectivity index (χ0v) is 13.3. The molecular formula is C19H21NO2. The first kappa shape index (κ1) is 15.8. The number of hydrogen-bond acceptors (Lipinski definition) is 2. The number of nitrogens with one attached hydrogen (secondary N) is 1. The van der Waals surface area contributed by atoms with Crippen molar-refractivity contribution in [3.8, 4) is 5.75 Å². The standard InChI is InChI=1S/C19H21NO2/c1-5-10-22-17-8-6-16(7-9-17)19(21)20-18-14(3)11-13(2)12-15(18)4/h5-9,11-12H,1,10H2,2-4H3,(H,20,21). The molecule has 0 aliphatic rings. The lowest BCUT2D eigenvalue weighted by molar-refractivity contribution is 0.102. The molecule has 0 spiro atoms. The second-order valence-corrected chi connectivity index (χ2v) is 5.35. The minimum atomic E-state index is -0.120. The Balaban J connectivity index is 2.14. The highest BCUT2D eigenvalue weighted by atomic mass is 16.5. The molecule has 0 saturated carbocycles. The first-order valence-electron chi connectivity index (χ1n) is 7.24. The molecule has 0 unspecified atom stereocenters. The van der Waals surface area contributed by atoms with Gasteiger partial charge in [0.1, 0.15) is 12.4 Å². The Morgan fingerprint density at radius 1 is 1.14 bits per heavy atom. The Labute approximate surface area is 131 Å². The highest BCUT2D eigenvalue weighted by molar-refractivity contribution is 6.05. The summed E-state index contributed by atoms with van der Waals surface area (Å²) in [5.41, 5.74) is 4.80. The van der Waals surface area contributed by atoms with Crippen molar-refractivity contribution in [1.82, 2.24) is 0 Å². The van der Waals surface area contributed by atoms with Crippen LogP contribution >= 0.6 is 0 Å². The molecule has 0 radical (unpaired) electrons. The van der Waals surface area contributed by atoms with Crippen molar-refractivity contribution in [2.75, 3.05) is 11.9 Å². The van der Waals surface area contributed by atoms with Crippen LogP contribution in [0.15, 0.2) is 49.1 Å². The minimum absolute atomic E-state index is 0.120. The predicted molar refractivity (Wildman–Crippen MR) is 90.7 cm³/mol. The van der Waals surface area contributed by atoms with Crippen molar-refractivity contribution in [3.05, 3.63) is 71.3 Å². The van der Waals surface area contributed by atoms with E-state index >= 15 is 0 Å². The largest absolute Gasteiger partial charge is 0.490 e. The van der Waals surface area contributed by atoms with Crippen molar-refractivity contribution in [2.24, 2.45) is 0 Å². The van der Waals surface area contributed by atoms with E-state index in [0.29, 0.717) is 12.2 Å². The molecule has 0 saturated heterocycles. The molecule has 0 aromatic heterocycles. The molecule has 1 N–H and O–H groups in total. The van der Waals surface area contributed by atoms with Crippen molar-refractivity contribution in [1.29, 1.82) is 0 Å². The van der Waals surface area contributed by atoms with Crippen LogP contribution in [0.25, 0.3) is 0 Å². The van der Waals surface area contributed by atoms with Crippen molar-refractivity contribution < 1.29 is 9.53 Å². The Bertz CT molecular complexity index is 664. The van der Waals surface area contributed by atoms with E-state index in [2.05, 4.69) is 24.0 Å². The van der Waals surface area contributed by atoms with Crippen LogP contribution in [0.5, 0.6) is 5.75 Å². The second kappa shape index (κ2) is 6.94. The van der Waals surface area contributed by atoms with Gasteiger partial charge in [-0.05, 0) is 56.2 Å². The molecule has 0 heterocycles. The van der Waals surface area contributed by atoms with Gasteiger partial charge in [0, 0.05) is 11.3 Å². The van der Waals surface area contributed by atoms with Crippen molar-refractivity contribution in [3.63, 3.8) is 0 Å². The van der Waals surface area contributed by atoms with E-state index in [4.69, 9.17) is 4.74 Å². The van der Waals surface area contributed by atoms with E-state index in [1.807, 2.05) is 20.8 Å². The zero-order valence-electron chi connectivity index (χ0n) is 13.3. The molecule has 0 aliphatic heterocycles. The fraction of sp³-hybridized carbons (Fsp3) is 0.211. The summed E-state index contributed by atoms with van der Waals surface area (Å²) in [5.74, 6) is 0.601. The zero-order chi connectivity index (χ0) is 16.1. The molecule has 1 amide bonds. The lowest BCUT2D eigenvalue weighted by Crippen LogP contribution is -2.13. The summed E-state index contributed by atoms with van der Waals surface area (Å²) >= 11 is 0. The number of benzene rings is 2. The van der Waals surface area contributed by atoms with Crippen LogP contribution in [-0.4, -0.2) is 12.5 Å². The molecule has 22 heavy (non-hydrogen) atoms. The summed E-state index contributed by atoms with van der Waals surface area (Å²) in [6.07, 6.45) is 1.68. The molecular weight excluding hydrogens is 274 g/mol. The van der Waals surface area contributed by atoms with Crippen LogP contribution in [0.2, 0.25) is 0 Å². The first-order valence-corrected chi connectivity index (χ1v) is 7.24. The SMILES string of the molecule is C=CCOc1ccc(C(=O)Nc2c(C)cc(C)cc2C)cc1. The molecule has 114 valence electrons. The Hall–Kier alpha value is -2.55. The number of anilines is 1. The number of hydrogen-bond donors (Lipinski definition) is 1. The van der Waals surface area contributed by atoms with Gasteiger partial charge in [-0.25, -0.2) is 0 Å². The van der Waals surface area contributed by atoms with Crippen LogP contribution in [0.3, 0.4) is 0 Å². The van der Waals surface area contributed by atoms with Gasteiger partial charge in [-0.15, -0.1) is 0 Å². The third-order valence-corrected chi connectivity index (χ3v) is 3.40. The van der Waals surface area contributed by atoms with Crippen molar-refractivity contribution in [2.45, 2.75) is 20.8 Å². The lowest BCUT2D eigenvalue weighted by atomic mass is 10.0. The Kier molecular flexibility index (Phi) is 4.99. The number of carbonyl (C=O) groups is 1. The highest BCUT2D eigenvalue weighted by Gasteiger charge is 2.10. The van der Waals surface area contributed by atoms with Gasteiger partial charge < -0.3 is 10.1 Å². The molecule has 2 rings (SSSR count). The van der Waals surface area contributed by atoms with E-state index in [1.54, 1.807) is 30.3 Å². The quantitative estimate of drug-likeness (QED) is 0.829. The molecule has 0 fully saturated rings. The van der Waals surface area contributed by atoms with Gasteiger partial charge in [0.15, 0.2) is 0 Å². The third-order valence-electron chi connectivity index (χ3n) is 3.40. The molecule has 0 aliphatic carbocycles. The van der Waals surface area contributed by atoms with Gasteiger partial charge in [0.2, 0.25) is 0 Å². The summed E-state index contributed by atoms with van der Waals surface area (Å²) in [6, 6.07) is 11.2. The maximum atomic E-state index is 12.4. The monoisotopic (exact) mass is 295 g/mol. The number of amides is 1. The third kappa shape index (κ3) is 3.76. The van der Waals surface area contributed by atoms with Crippen LogP contribution in [0.4, 0.5) is 5.69 Å². The average Bonchev–Trinajstić information content (AvgIpc) is 2.49. The normalized spacial score (nSPS) is 10.1. The fourth-order valence-corrected chi connectivity index (χ4v) is 2.42. The van der Waals surface area contributed by atoms with Crippen LogP contribution in [0.1, 0.15) is 27.0 Å². The lowest BCUT2D eigenvalue weighted by Gasteiger charge is -2.13. The van der Waals surface area contributed by atoms with Crippen LogP contribution in [-0.2, 0) is 0 Å². The number of aryl methyl sites for hydroxylation is 3. The molecule has 2 aromatic rings. The summed E-state index contributed by atoms with van der Waals surface area (Å²) in [5, 5.41) is 2.99. The van der Waals surface area contributed by atoms with E-state index in [9.17, 15) is 4.79 Å². The van der Waals surface area contributed by atoms with Crippen molar-refractivity contribution >= 4 is 11.6 Å². The molecule has 3 nitrogen and oxygen atoms in total. The van der Waals surface area contributed by atoms with Gasteiger partial charge in [0.05, 0.1) is 0 Å². The van der Waals surface area contributed by atoms with Gasteiger partial charge in [-0.3, -0.25) is 4.79 Å². The van der Waals surface area contributed by atoms with Gasteiger partial charge in [-0.1, -0.05) is 30.4 Å². The number of rotatable bonds is 5. The molecule has 0 bridgehead atoms. The first-order chi connectivity index (χ1) is 10.5. The molecule has 2 aromatic carbocycles. The van der Waals surface area contributed by atoms with Gasteiger partial charge >= 0.3 is 0 Å². The molecule has 3 heteroatoms. The van der Waals surface area contributed by atoms with Gasteiger partial charge in [-0.2, -0.15) is 0 Å². The minimum Gasteiger partial charge on any atom is -0.490 e. The number of ether oxygens (including phenoxy) is 1. The highest BCUT2D eigenvalue weighted by Crippen LogP contribution is 2.23. The Morgan fingerprint density at radius 3 is 2.27 bits per heavy atom. The fourth-order valence-electron chi connectivity index (χ4n) is 2.42. The average molecular weight is 295 g/mol. The maximum absolute atomic E-state index is 12.4. The topological polar surface area (TPSA) is 38.3 Å². The van der Waals surface area contributed by atoms with E-state index in [-0.39, 0.29) is 5.91 Å². The smallest absolute Gasteiger partial charge is 0.255 e. The van der Waals surface area contributed by atoms with E-state index in [0.717, 1.165) is 22.6 Å². The van der Waals surface area contributed by atoms with Crippen LogP contribution in [0, 0.1) is 20.8 Å². The molecule has 0 atom stereocenters. The van der Waals surface area contributed by atoms with E-state index in [1.165, 1.54) is 5.56 Å². The summed E-state index contributed by atoms with van der Waals surface area (Å²) in [7, 11) is 0. The summed E-state index contributed by atoms with van der Waals surface area (Å²) in [6.45, 7) is 10.1. The summed E-state index contributed by atoms with van der Waals surface area (Å²) < 4.78 is 5.41. The predicted octanol–water partition coefficient (Wildman–Crippen LogP) is 4.43.